The number of nitrogens with zero attached hydrogens (tertiary/aromatic N) is 1. The lowest BCUT2D eigenvalue weighted by atomic mass is 10.0. The van der Waals surface area contributed by atoms with Gasteiger partial charge in [-0.25, -0.2) is 4.57 Å². The fourth-order valence-corrected chi connectivity index (χ4v) is 4.36. The van der Waals surface area contributed by atoms with Crippen LogP contribution in [0.25, 0.3) is 0 Å². The Morgan fingerprint density at radius 3 is 1.24 bits per heavy atom. The van der Waals surface area contributed by atoms with Gasteiger partial charge < -0.3 is 0 Å². The Balaban J connectivity index is 2.29. The van der Waals surface area contributed by atoms with E-state index in [4.69, 9.17) is 0 Å². The van der Waals surface area contributed by atoms with Crippen molar-refractivity contribution in [1.29, 1.82) is 0 Å². The normalized spacial score (nSPS) is 11.3. The van der Waals surface area contributed by atoms with E-state index >= 15 is 0 Å². The van der Waals surface area contributed by atoms with Crippen molar-refractivity contribution in [3.8, 4) is 0 Å². The molecule has 168 valence electrons. The molecule has 1 heterocycles. The summed E-state index contributed by atoms with van der Waals surface area (Å²) in [5.41, 5.74) is 3.14. The molecule has 0 aromatic carbocycles. The zero-order valence-electron chi connectivity index (χ0n) is 20.3. The van der Waals surface area contributed by atoms with Crippen LogP contribution in [0.15, 0.2) is 18.5 Å². The standard InChI is InChI=1S/C28H52N/c1-4-7-9-11-13-15-17-19-21-27-24-28(26-29(25-27)23-6-3)22-20-18-16-14-12-10-8-5-2/h24-26H,4-23H2,1-3H3/q+1. The van der Waals surface area contributed by atoms with Gasteiger partial charge in [0.05, 0.1) is 0 Å². The second-order valence-corrected chi connectivity index (χ2v) is 9.24. The fraction of sp³-hybridized carbons (Fsp3) is 0.821. The fourth-order valence-electron chi connectivity index (χ4n) is 4.36. The molecule has 0 saturated heterocycles. The average molecular weight is 403 g/mol. The van der Waals surface area contributed by atoms with Crippen LogP contribution in [-0.4, -0.2) is 0 Å². The monoisotopic (exact) mass is 402 g/mol. The van der Waals surface area contributed by atoms with Crippen molar-refractivity contribution in [3.63, 3.8) is 0 Å². The van der Waals surface area contributed by atoms with Crippen molar-refractivity contribution in [1.82, 2.24) is 0 Å². The van der Waals surface area contributed by atoms with Crippen LogP contribution in [-0.2, 0) is 19.4 Å². The van der Waals surface area contributed by atoms with E-state index in [1.807, 2.05) is 0 Å². The molecule has 1 heteroatoms. The molecule has 0 aliphatic heterocycles. The van der Waals surface area contributed by atoms with Gasteiger partial charge in [0.25, 0.3) is 0 Å². The first-order valence-electron chi connectivity index (χ1n) is 13.3. The Morgan fingerprint density at radius 1 is 0.483 bits per heavy atom. The highest BCUT2D eigenvalue weighted by Gasteiger charge is 2.07. The van der Waals surface area contributed by atoms with Crippen LogP contribution in [0.4, 0.5) is 0 Å². The molecule has 0 aliphatic rings. The van der Waals surface area contributed by atoms with Crippen molar-refractivity contribution >= 4 is 0 Å². The molecule has 0 radical (unpaired) electrons. The first kappa shape index (κ1) is 26.2. The van der Waals surface area contributed by atoms with Crippen LogP contribution in [0, 0.1) is 0 Å². The summed E-state index contributed by atoms with van der Waals surface area (Å²) in [5.74, 6) is 0. The van der Waals surface area contributed by atoms with Crippen molar-refractivity contribution in [2.24, 2.45) is 0 Å². The van der Waals surface area contributed by atoms with E-state index in [9.17, 15) is 0 Å². The van der Waals surface area contributed by atoms with Gasteiger partial charge in [-0.3, -0.25) is 0 Å². The maximum Gasteiger partial charge on any atom is 0.171 e. The van der Waals surface area contributed by atoms with E-state index in [1.165, 1.54) is 122 Å². The lowest BCUT2D eigenvalue weighted by molar-refractivity contribution is -0.697. The van der Waals surface area contributed by atoms with Gasteiger partial charge in [0.1, 0.15) is 6.54 Å². The lowest BCUT2D eigenvalue weighted by Crippen LogP contribution is -2.34. The third-order valence-electron chi connectivity index (χ3n) is 6.15. The summed E-state index contributed by atoms with van der Waals surface area (Å²) in [5, 5.41) is 0. The zero-order chi connectivity index (χ0) is 21.0. The molecule has 0 unspecified atom stereocenters. The summed E-state index contributed by atoms with van der Waals surface area (Å²) in [4.78, 5) is 0. The quantitative estimate of drug-likeness (QED) is 0.151. The molecule has 29 heavy (non-hydrogen) atoms. The molecular formula is C28H52N+. The molecule has 0 saturated carbocycles. The largest absolute Gasteiger partial charge is 0.205 e. The van der Waals surface area contributed by atoms with Gasteiger partial charge in [0.15, 0.2) is 12.4 Å². The maximum atomic E-state index is 2.51. The van der Waals surface area contributed by atoms with Gasteiger partial charge in [0.2, 0.25) is 0 Å². The molecule has 1 aromatic heterocycles. The highest BCUT2D eigenvalue weighted by molar-refractivity contribution is 5.15. The van der Waals surface area contributed by atoms with Gasteiger partial charge in [0, 0.05) is 17.5 Å². The van der Waals surface area contributed by atoms with E-state index in [2.05, 4.69) is 43.8 Å². The Hall–Kier alpha value is -0.850. The molecule has 1 aromatic rings. The van der Waals surface area contributed by atoms with Crippen LogP contribution < -0.4 is 4.57 Å². The molecule has 0 spiro atoms. The topological polar surface area (TPSA) is 3.88 Å². The maximum absolute atomic E-state index is 2.51. The molecular weight excluding hydrogens is 350 g/mol. The number of hydrogen-bond acceptors (Lipinski definition) is 0. The highest BCUT2D eigenvalue weighted by atomic mass is 14.9. The van der Waals surface area contributed by atoms with Crippen LogP contribution in [0.1, 0.15) is 141 Å². The molecule has 0 aliphatic carbocycles. The molecule has 0 fully saturated rings. The van der Waals surface area contributed by atoms with Crippen LogP contribution >= 0.6 is 0 Å². The van der Waals surface area contributed by atoms with Crippen LogP contribution in [0.5, 0.6) is 0 Å². The average Bonchev–Trinajstić information content (AvgIpc) is 2.72. The first-order valence-corrected chi connectivity index (χ1v) is 13.3. The summed E-state index contributed by atoms with van der Waals surface area (Å²) in [6, 6.07) is 2.51. The summed E-state index contributed by atoms with van der Waals surface area (Å²) in [6.07, 6.45) is 31.2. The van der Waals surface area contributed by atoms with Gasteiger partial charge in [-0.05, 0) is 31.7 Å². The molecule has 0 amide bonds. The number of pyridine rings is 1. The van der Waals surface area contributed by atoms with E-state index in [0.29, 0.717) is 0 Å². The lowest BCUT2D eigenvalue weighted by Gasteiger charge is -2.07. The van der Waals surface area contributed by atoms with Crippen LogP contribution in [0.2, 0.25) is 0 Å². The highest BCUT2D eigenvalue weighted by Crippen LogP contribution is 2.14. The van der Waals surface area contributed by atoms with Crippen LogP contribution in [0.3, 0.4) is 0 Å². The minimum atomic E-state index is 1.16. The third-order valence-corrected chi connectivity index (χ3v) is 6.15. The number of rotatable bonds is 20. The molecule has 0 N–H and O–H groups in total. The SMILES string of the molecule is CCCCCCCCCCc1cc(CCCCCCCCCC)c[n+](CCC)c1. The second kappa shape index (κ2) is 19.1. The minimum Gasteiger partial charge on any atom is -0.205 e. The summed E-state index contributed by atoms with van der Waals surface area (Å²) in [7, 11) is 0. The molecule has 0 bridgehead atoms. The second-order valence-electron chi connectivity index (χ2n) is 9.24. The predicted molar refractivity (Wildman–Crippen MR) is 130 cm³/mol. The molecule has 1 nitrogen and oxygen atoms in total. The van der Waals surface area contributed by atoms with Gasteiger partial charge in [-0.2, -0.15) is 0 Å². The van der Waals surface area contributed by atoms with Gasteiger partial charge in [-0.15, -0.1) is 0 Å². The third kappa shape index (κ3) is 14.7. The Morgan fingerprint density at radius 2 is 0.862 bits per heavy atom. The van der Waals surface area contributed by atoms with Crippen molar-refractivity contribution < 1.29 is 4.57 Å². The predicted octanol–water partition coefficient (Wildman–Crippen LogP) is 8.75. The molecule has 1 rings (SSSR count). The van der Waals surface area contributed by atoms with E-state index in [0.717, 1.165) is 6.54 Å². The number of hydrogen-bond donors (Lipinski definition) is 0. The Labute approximate surface area is 183 Å². The Bertz CT molecular complexity index is 441. The molecule has 0 atom stereocenters. The van der Waals surface area contributed by atoms with E-state index < -0.39 is 0 Å². The summed E-state index contributed by atoms with van der Waals surface area (Å²) in [6.45, 7) is 8.05. The van der Waals surface area contributed by atoms with E-state index in [1.54, 1.807) is 11.1 Å². The number of aromatic nitrogens is 1. The number of unbranched alkanes of at least 4 members (excludes halogenated alkanes) is 14. The van der Waals surface area contributed by atoms with Gasteiger partial charge >= 0.3 is 0 Å². The first-order chi connectivity index (χ1) is 14.3. The van der Waals surface area contributed by atoms with Crippen molar-refractivity contribution in [2.75, 3.05) is 0 Å². The summed E-state index contributed by atoms with van der Waals surface area (Å²) >= 11 is 0. The minimum absolute atomic E-state index is 1.16. The zero-order valence-corrected chi connectivity index (χ0v) is 20.3. The van der Waals surface area contributed by atoms with Gasteiger partial charge in [-0.1, -0.05) is 111 Å². The Kier molecular flexibility index (Phi) is 17.3. The smallest absolute Gasteiger partial charge is 0.171 e. The number of aryl methyl sites for hydroxylation is 3. The van der Waals surface area contributed by atoms with Crippen molar-refractivity contribution in [2.45, 2.75) is 149 Å². The van der Waals surface area contributed by atoms with Crippen molar-refractivity contribution in [3.05, 3.63) is 29.6 Å². The summed E-state index contributed by atoms with van der Waals surface area (Å²) < 4.78 is 2.46. The van der Waals surface area contributed by atoms with E-state index in [-0.39, 0.29) is 0 Å².